The summed E-state index contributed by atoms with van der Waals surface area (Å²) in [4.78, 5) is 0. The van der Waals surface area contributed by atoms with Gasteiger partial charge in [-0.3, -0.25) is 0 Å². The van der Waals surface area contributed by atoms with Crippen LogP contribution in [0.25, 0.3) is 33.1 Å². The van der Waals surface area contributed by atoms with Crippen molar-refractivity contribution in [3.05, 3.63) is 70.7 Å². The van der Waals surface area contributed by atoms with Gasteiger partial charge in [0.05, 0.1) is 5.02 Å². The van der Waals surface area contributed by atoms with Gasteiger partial charge in [0.2, 0.25) is 0 Å². The zero-order valence-electron chi connectivity index (χ0n) is 13.0. The standard InChI is InChI=1S/C21H15ClO/c1-21(2)15-7-4-3-6-12(15)13-10-14-19(11-16(13)21)23-18-9-5-8-17(22)20(14)18/h3-11H,1-2H3. The van der Waals surface area contributed by atoms with Gasteiger partial charge < -0.3 is 4.42 Å². The van der Waals surface area contributed by atoms with Crippen LogP contribution in [0.15, 0.2) is 59.0 Å². The van der Waals surface area contributed by atoms with E-state index >= 15 is 0 Å². The SMILES string of the molecule is CC1(C)c2ccccc2-c2cc3c(cc21)oc1cccc(Cl)c13. The largest absolute Gasteiger partial charge is 0.456 e. The number of hydrogen-bond donors (Lipinski definition) is 0. The summed E-state index contributed by atoms with van der Waals surface area (Å²) in [6.07, 6.45) is 0. The maximum Gasteiger partial charge on any atom is 0.136 e. The van der Waals surface area contributed by atoms with Gasteiger partial charge in [0.25, 0.3) is 0 Å². The van der Waals surface area contributed by atoms with Crippen molar-refractivity contribution in [1.82, 2.24) is 0 Å². The van der Waals surface area contributed by atoms with Crippen LogP contribution in [0.4, 0.5) is 0 Å². The molecule has 1 aliphatic carbocycles. The summed E-state index contributed by atoms with van der Waals surface area (Å²) in [5.41, 5.74) is 7.05. The Bertz CT molecular complexity index is 1100. The third-order valence-electron chi connectivity index (χ3n) is 5.15. The molecule has 0 N–H and O–H groups in total. The molecule has 1 aromatic heterocycles. The van der Waals surface area contributed by atoms with E-state index in [9.17, 15) is 0 Å². The van der Waals surface area contributed by atoms with Crippen molar-refractivity contribution in [2.24, 2.45) is 0 Å². The van der Waals surface area contributed by atoms with Gasteiger partial charge in [0.1, 0.15) is 11.2 Å². The van der Waals surface area contributed by atoms with E-state index in [0.717, 1.165) is 27.0 Å². The zero-order chi connectivity index (χ0) is 15.8. The maximum absolute atomic E-state index is 6.42. The fourth-order valence-corrected chi connectivity index (χ4v) is 4.24. The van der Waals surface area contributed by atoms with Crippen LogP contribution in [0.1, 0.15) is 25.0 Å². The van der Waals surface area contributed by atoms with Crippen molar-refractivity contribution < 1.29 is 4.42 Å². The fourth-order valence-electron chi connectivity index (χ4n) is 3.98. The van der Waals surface area contributed by atoms with Gasteiger partial charge in [-0.25, -0.2) is 0 Å². The molecule has 5 rings (SSSR count). The van der Waals surface area contributed by atoms with E-state index < -0.39 is 0 Å². The van der Waals surface area contributed by atoms with Crippen LogP contribution < -0.4 is 0 Å². The fraction of sp³-hybridized carbons (Fsp3) is 0.143. The summed E-state index contributed by atoms with van der Waals surface area (Å²) in [7, 11) is 0. The lowest BCUT2D eigenvalue weighted by atomic mass is 9.82. The number of hydrogen-bond acceptors (Lipinski definition) is 1. The second-order valence-electron chi connectivity index (χ2n) is 6.78. The summed E-state index contributed by atoms with van der Waals surface area (Å²) in [6.45, 7) is 4.55. The Kier molecular flexibility index (Phi) is 2.40. The molecule has 0 saturated carbocycles. The molecule has 0 spiro atoms. The number of rotatable bonds is 0. The summed E-state index contributed by atoms with van der Waals surface area (Å²) < 4.78 is 6.07. The van der Waals surface area contributed by atoms with Crippen LogP contribution in [0, 0.1) is 0 Å². The molecule has 1 nitrogen and oxygen atoms in total. The third kappa shape index (κ3) is 1.58. The molecule has 3 aromatic carbocycles. The van der Waals surface area contributed by atoms with Gasteiger partial charge >= 0.3 is 0 Å². The smallest absolute Gasteiger partial charge is 0.136 e. The Balaban J connectivity index is 1.96. The quantitative estimate of drug-likeness (QED) is 0.358. The van der Waals surface area contributed by atoms with E-state index in [0.29, 0.717) is 0 Å². The molecule has 23 heavy (non-hydrogen) atoms. The summed E-state index contributed by atoms with van der Waals surface area (Å²) in [6, 6.07) is 18.9. The highest BCUT2D eigenvalue weighted by Gasteiger charge is 2.35. The van der Waals surface area contributed by atoms with Crippen molar-refractivity contribution in [2.45, 2.75) is 19.3 Å². The predicted molar refractivity (Wildman–Crippen MR) is 96.3 cm³/mol. The van der Waals surface area contributed by atoms with E-state index in [1.54, 1.807) is 0 Å². The molecule has 0 saturated heterocycles. The van der Waals surface area contributed by atoms with Crippen molar-refractivity contribution in [2.75, 3.05) is 0 Å². The van der Waals surface area contributed by atoms with Gasteiger partial charge in [-0.05, 0) is 46.5 Å². The number of fused-ring (bicyclic) bond motifs is 6. The molecular formula is C21H15ClO. The molecule has 0 bridgehead atoms. The predicted octanol–water partition coefficient (Wildman–Crippen LogP) is 6.55. The molecule has 0 amide bonds. The average Bonchev–Trinajstić information content (AvgIpc) is 3.01. The normalized spacial score (nSPS) is 15.1. The lowest BCUT2D eigenvalue weighted by Gasteiger charge is -2.21. The summed E-state index contributed by atoms with van der Waals surface area (Å²) in [5, 5.41) is 2.85. The zero-order valence-corrected chi connectivity index (χ0v) is 13.7. The number of benzene rings is 3. The van der Waals surface area contributed by atoms with Gasteiger partial charge in [-0.2, -0.15) is 0 Å². The molecule has 0 aliphatic heterocycles. The lowest BCUT2D eigenvalue weighted by Crippen LogP contribution is -2.14. The Labute approximate surface area is 139 Å². The van der Waals surface area contributed by atoms with Crippen LogP contribution in [0.5, 0.6) is 0 Å². The van der Waals surface area contributed by atoms with Crippen LogP contribution in [0.2, 0.25) is 5.02 Å². The van der Waals surface area contributed by atoms with E-state index in [-0.39, 0.29) is 5.41 Å². The third-order valence-corrected chi connectivity index (χ3v) is 5.46. The van der Waals surface area contributed by atoms with Crippen LogP contribution >= 0.6 is 11.6 Å². The topological polar surface area (TPSA) is 13.1 Å². The van der Waals surface area contributed by atoms with Crippen molar-refractivity contribution >= 4 is 33.5 Å². The average molecular weight is 319 g/mol. The highest BCUT2D eigenvalue weighted by molar-refractivity contribution is 6.37. The first-order valence-corrected chi connectivity index (χ1v) is 8.20. The maximum atomic E-state index is 6.42. The molecule has 1 aliphatic rings. The van der Waals surface area contributed by atoms with E-state index in [4.69, 9.17) is 16.0 Å². The second kappa shape index (κ2) is 4.18. The minimum Gasteiger partial charge on any atom is -0.456 e. The first-order valence-electron chi connectivity index (χ1n) is 7.82. The van der Waals surface area contributed by atoms with Crippen LogP contribution in [0.3, 0.4) is 0 Å². The lowest BCUT2D eigenvalue weighted by molar-refractivity contribution is 0.647. The molecule has 112 valence electrons. The Morgan fingerprint density at radius 2 is 1.65 bits per heavy atom. The van der Waals surface area contributed by atoms with Crippen molar-refractivity contribution in [3.8, 4) is 11.1 Å². The van der Waals surface area contributed by atoms with E-state index in [2.05, 4.69) is 50.2 Å². The Morgan fingerprint density at radius 3 is 2.52 bits per heavy atom. The second-order valence-corrected chi connectivity index (χ2v) is 7.19. The molecule has 0 radical (unpaired) electrons. The van der Waals surface area contributed by atoms with E-state index in [1.807, 2.05) is 18.2 Å². The highest BCUT2D eigenvalue weighted by atomic mass is 35.5. The number of furan rings is 1. The van der Waals surface area contributed by atoms with Crippen LogP contribution in [-0.2, 0) is 5.41 Å². The minimum absolute atomic E-state index is 0.0110. The van der Waals surface area contributed by atoms with Crippen molar-refractivity contribution in [1.29, 1.82) is 0 Å². The molecule has 0 unspecified atom stereocenters. The monoisotopic (exact) mass is 318 g/mol. The highest BCUT2D eigenvalue weighted by Crippen LogP contribution is 2.50. The molecule has 4 aromatic rings. The molecule has 0 atom stereocenters. The summed E-state index contributed by atoms with van der Waals surface area (Å²) in [5.74, 6) is 0. The van der Waals surface area contributed by atoms with Gasteiger partial charge in [-0.15, -0.1) is 0 Å². The Hall–Kier alpha value is -2.25. The molecule has 2 heteroatoms. The summed E-state index contributed by atoms with van der Waals surface area (Å²) >= 11 is 6.42. The first kappa shape index (κ1) is 13.2. The van der Waals surface area contributed by atoms with Crippen LogP contribution in [-0.4, -0.2) is 0 Å². The van der Waals surface area contributed by atoms with Gasteiger partial charge in [0.15, 0.2) is 0 Å². The molecule has 0 fully saturated rings. The van der Waals surface area contributed by atoms with Crippen molar-refractivity contribution in [3.63, 3.8) is 0 Å². The molecular weight excluding hydrogens is 304 g/mol. The molecule has 1 heterocycles. The minimum atomic E-state index is -0.0110. The first-order chi connectivity index (χ1) is 11.1. The van der Waals surface area contributed by atoms with E-state index in [1.165, 1.54) is 22.3 Å². The number of halogens is 1. The van der Waals surface area contributed by atoms with Gasteiger partial charge in [-0.1, -0.05) is 55.8 Å². The van der Waals surface area contributed by atoms with Gasteiger partial charge in [0, 0.05) is 16.2 Å². The Morgan fingerprint density at radius 1 is 0.826 bits per heavy atom.